The van der Waals surface area contributed by atoms with Crippen LogP contribution in [0.2, 0.25) is 0 Å². The third-order valence-electron chi connectivity index (χ3n) is 2.98. The first-order chi connectivity index (χ1) is 8.42. The smallest absolute Gasteiger partial charge is 0.237 e. The van der Waals surface area contributed by atoms with Gasteiger partial charge in [-0.2, -0.15) is 0 Å². The Balaban J connectivity index is 2.31. The van der Waals surface area contributed by atoms with Gasteiger partial charge in [-0.05, 0) is 31.5 Å². The summed E-state index contributed by atoms with van der Waals surface area (Å²) in [5.41, 5.74) is -0.402. The van der Waals surface area contributed by atoms with Gasteiger partial charge in [0.1, 0.15) is 11.5 Å². The van der Waals surface area contributed by atoms with E-state index in [1.54, 1.807) is 0 Å². The van der Waals surface area contributed by atoms with Crippen molar-refractivity contribution in [3.8, 4) is 0 Å². The maximum absolute atomic E-state index is 13.7. The number of benzene rings is 1. The molecular formula is C11H14F2N2O2S. The van der Waals surface area contributed by atoms with Gasteiger partial charge in [-0.1, -0.05) is 6.07 Å². The van der Waals surface area contributed by atoms with Crippen LogP contribution in [0.3, 0.4) is 0 Å². The van der Waals surface area contributed by atoms with Crippen molar-refractivity contribution in [3.05, 3.63) is 29.3 Å². The summed E-state index contributed by atoms with van der Waals surface area (Å²) in [6.45, 7) is 2.33. The Labute approximate surface area is 104 Å². The fourth-order valence-corrected chi connectivity index (χ4v) is 3.27. The van der Waals surface area contributed by atoms with Gasteiger partial charge >= 0.3 is 0 Å². The Hall–Kier alpha value is -1.21. The average Bonchev–Trinajstić information content (AvgIpc) is 2.84. The minimum Gasteiger partial charge on any atom is -0.315 e. The quantitative estimate of drug-likeness (QED) is 0.877. The average molecular weight is 276 g/mol. The highest BCUT2D eigenvalue weighted by molar-refractivity contribution is 7.93. The van der Waals surface area contributed by atoms with Gasteiger partial charge < -0.3 is 5.32 Å². The molecule has 1 atom stereocenters. The molecule has 1 heterocycles. The van der Waals surface area contributed by atoms with Gasteiger partial charge in [0.25, 0.3) is 0 Å². The van der Waals surface area contributed by atoms with Crippen LogP contribution in [-0.2, 0) is 10.0 Å². The lowest BCUT2D eigenvalue weighted by Gasteiger charge is -2.14. The zero-order chi connectivity index (χ0) is 13.3. The molecular weight excluding hydrogens is 262 g/mol. The Morgan fingerprint density at radius 3 is 2.72 bits per heavy atom. The predicted octanol–water partition coefficient (Wildman–Crippen LogP) is 1.38. The summed E-state index contributed by atoms with van der Waals surface area (Å²) in [5, 5.41) is 2.24. The molecule has 1 aromatic carbocycles. The van der Waals surface area contributed by atoms with Crippen LogP contribution >= 0.6 is 0 Å². The Kier molecular flexibility index (Phi) is 3.54. The third kappa shape index (κ3) is 2.46. The molecule has 1 aromatic rings. The summed E-state index contributed by atoms with van der Waals surface area (Å²) in [6.07, 6.45) is 0.435. The van der Waals surface area contributed by atoms with Crippen molar-refractivity contribution in [2.24, 2.45) is 0 Å². The van der Waals surface area contributed by atoms with E-state index in [1.165, 1.54) is 13.0 Å². The summed E-state index contributed by atoms with van der Waals surface area (Å²) in [7, 11) is -3.77. The van der Waals surface area contributed by atoms with Gasteiger partial charge in [-0.15, -0.1) is 0 Å². The molecule has 0 amide bonds. The summed E-state index contributed by atoms with van der Waals surface area (Å²) >= 11 is 0. The molecule has 1 aliphatic heterocycles. The first kappa shape index (κ1) is 13.2. The van der Waals surface area contributed by atoms with Crippen LogP contribution in [0.4, 0.5) is 14.5 Å². The maximum Gasteiger partial charge on any atom is 0.237 e. The SMILES string of the molecule is Cc1ccc(F)c(NS(=O)(=O)C2CCNC2)c1F. The van der Waals surface area contributed by atoms with Crippen LogP contribution in [-0.4, -0.2) is 26.8 Å². The van der Waals surface area contributed by atoms with Gasteiger partial charge in [0.15, 0.2) is 5.82 Å². The molecule has 0 saturated carbocycles. The van der Waals surface area contributed by atoms with Crippen LogP contribution in [0.15, 0.2) is 12.1 Å². The fourth-order valence-electron chi connectivity index (χ4n) is 1.87. The van der Waals surface area contributed by atoms with Crippen molar-refractivity contribution in [1.82, 2.24) is 5.32 Å². The number of halogens is 2. The normalized spacial score (nSPS) is 20.1. The molecule has 1 fully saturated rings. The molecule has 0 radical (unpaired) electrons. The van der Waals surface area contributed by atoms with E-state index >= 15 is 0 Å². The van der Waals surface area contributed by atoms with Crippen LogP contribution in [0.25, 0.3) is 0 Å². The van der Waals surface area contributed by atoms with Gasteiger partial charge in [-0.3, -0.25) is 4.72 Å². The van der Waals surface area contributed by atoms with Gasteiger partial charge in [-0.25, -0.2) is 17.2 Å². The molecule has 0 spiro atoms. The molecule has 0 aromatic heterocycles. The van der Waals surface area contributed by atoms with Crippen molar-refractivity contribution < 1.29 is 17.2 Å². The van der Waals surface area contributed by atoms with Crippen LogP contribution in [0.1, 0.15) is 12.0 Å². The Bertz CT molecular complexity index is 554. The highest BCUT2D eigenvalue weighted by Crippen LogP contribution is 2.24. The second kappa shape index (κ2) is 4.81. The minimum absolute atomic E-state index is 0.193. The maximum atomic E-state index is 13.7. The molecule has 1 aliphatic rings. The molecule has 0 bridgehead atoms. The van der Waals surface area contributed by atoms with E-state index < -0.39 is 32.6 Å². The predicted molar refractivity (Wildman–Crippen MR) is 64.9 cm³/mol. The molecule has 1 unspecified atom stereocenters. The zero-order valence-electron chi connectivity index (χ0n) is 9.83. The Morgan fingerprint density at radius 1 is 1.39 bits per heavy atom. The van der Waals surface area contributed by atoms with Crippen LogP contribution in [0.5, 0.6) is 0 Å². The number of nitrogens with one attached hydrogen (secondary N) is 2. The first-order valence-corrected chi connectivity index (χ1v) is 7.13. The van der Waals surface area contributed by atoms with E-state index in [2.05, 4.69) is 5.32 Å². The monoisotopic (exact) mass is 276 g/mol. The summed E-state index contributed by atoms with van der Waals surface area (Å²) < 4.78 is 53.0. The van der Waals surface area contributed by atoms with Crippen molar-refractivity contribution in [2.75, 3.05) is 17.8 Å². The summed E-state index contributed by atoms with van der Waals surface area (Å²) in [6, 6.07) is 2.31. The zero-order valence-corrected chi connectivity index (χ0v) is 10.7. The van der Waals surface area contributed by atoms with Gasteiger partial charge in [0.2, 0.25) is 10.0 Å². The molecule has 100 valence electrons. The highest BCUT2D eigenvalue weighted by Gasteiger charge is 2.30. The lowest BCUT2D eigenvalue weighted by molar-refractivity contribution is 0.574. The number of rotatable bonds is 3. The topological polar surface area (TPSA) is 58.2 Å². The standard InChI is InChI=1S/C11H14F2N2O2S/c1-7-2-3-9(12)11(10(7)13)15-18(16,17)8-4-5-14-6-8/h2-3,8,14-15H,4-6H2,1H3. The molecule has 1 saturated heterocycles. The van der Waals surface area contributed by atoms with Crippen molar-refractivity contribution in [3.63, 3.8) is 0 Å². The second-order valence-corrected chi connectivity index (χ2v) is 6.28. The minimum atomic E-state index is -3.77. The van der Waals surface area contributed by atoms with E-state index in [9.17, 15) is 17.2 Å². The van der Waals surface area contributed by atoms with E-state index in [-0.39, 0.29) is 5.56 Å². The molecule has 4 nitrogen and oxygen atoms in total. The van der Waals surface area contributed by atoms with E-state index in [4.69, 9.17) is 0 Å². The second-order valence-electron chi connectivity index (χ2n) is 4.32. The summed E-state index contributed by atoms with van der Waals surface area (Å²) in [5.74, 6) is -1.78. The molecule has 7 heteroatoms. The number of aryl methyl sites for hydroxylation is 1. The number of sulfonamides is 1. The van der Waals surface area contributed by atoms with E-state index in [0.717, 1.165) is 6.07 Å². The van der Waals surface area contributed by atoms with E-state index in [1.807, 2.05) is 4.72 Å². The first-order valence-electron chi connectivity index (χ1n) is 5.59. The van der Waals surface area contributed by atoms with Crippen LogP contribution < -0.4 is 10.0 Å². The van der Waals surface area contributed by atoms with Crippen molar-refractivity contribution >= 4 is 15.7 Å². The van der Waals surface area contributed by atoms with Gasteiger partial charge in [0.05, 0.1) is 5.25 Å². The molecule has 2 N–H and O–H groups in total. The molecule has 18 heavy (non-hydrogen) atoms. The Morgan fingerprint density at radius 2 is 2.11 bits per heavy atom. The lowest BCUT2D eigenvalue weighted by Crippen LogP contribution is -2.30. The lowest BCUT2D eigenvalue weighted by atomic mass is 10.2. The third-order valence-corrected chi connectivity index (χ3v) is 4.75. The number of anilines is 1. The van der Waals surface area contributed by atoms with E-state index in [0.29, 0.717) is 19.5 Å². The molecule has 0 aliphatic carbocycles. The van der Waals surface area contributed by atoms with Crippen molar-refractivity contribution in [2.45, 2.75) is 18.6 Å². The van der Waals surface area contributed by atoms with Gasteiger partial charge in [0, 0.05) is 6.54 Å². The highest BCUT2D eigenvalue weighted by atomic mass is 32.2. The largest absolute Gasteiger partial charge is 0.315 e. The van der Waals surface area contributed by atoms with Crippen molar-refractivity contribution in [1.29, 1.82) is 0 Å². The number of hydrogen-bond donors (Lipinski definition) is 2. The number of hydrogen-bond acceptors (Lipinski definition) is 3. The fraction of sp³-hybridized carbons (Fsp3) is 0.455. The summed E-state index contributed by atoms with van der Waals surface area (Å²) in [4.78, 5) is 0. The van der Waals surface area contributed by atoms with Crippen LogP contribution in [0, 0.1) is 18.6 Å². The molecule has 2 rings (SSSR count).